The first kappa shape index (κ1) is 22.7. The summed E-state index contributed by atoms with van der Waals surface area (Å²) in [6, 6.07) is 5.20. The smallest absolute Gasteiger partial charge is 0.339 e. The zero-order valence-electron chi connectivity index (χ0n) is 16.1. The van der Waals surface area contributed by atoms with Crippen molar-refractivity contribution in [3.63, 3.8) is 0 Å². The number of hydrogen-bond acceptors (Lipinski definition) is 3. The molecule has 1 saturated heterocycles. The summed E-state index contributed by atoms with van der Waals surface area (Å²) in [5.41, 5.74) is -0.0769. The minimum atomic E-state index is -4.38. The molecule has 1 aliphatic heterocycles. The molecule has 0 spiro atoms. The summed E-state index contributed by atoms with van der Waals surface area (Å²) in [6.07, 6.45) is -7.13. The second-order valence-electron chi connectivity index (χ2n) is 7.10. The number of alkyl halides is 5. The van der Waals surface area contributed by atoms with Crippen LogP contribution in [-0.4, -0.2) is 51.7 Å². The van der Waals surface area contributed by atoms with E-state index in [0.717, 1.165) is 12.1 Å². The molecule has 0 bridgehead atoms. The fourth-order valence-electron chi connectivity index (χ4n) is 3.33. The number of rotatable bonds is 5. The van der Waals surface area contributed by atoms with Gasteiger partial charge in [-0.1, -0.05) is 18.2 Å². The lowest BCUT2D eigenvalue weighted by molar-refractivity contribution is -0.138. The van der Waals surface area contributed by atoms with Crippen LogP contribution in [0.15, 0.2) is 28.7 Å². The van der Waals surface area contributed by atoms with Gasteiger partial charge in [0.05, 0.1) is 15.7 Å². The minimum Gasteiger partial charge on any atom is -0.339 e. The van der Waals surface area contributed by atoms with Crippen molar-refractivity contribution >= 4 is 21.8 Å². The lowest BCUT2D eigenvalue weighted by Gasteiger charge is -2.35. The molecular weight excluding hydrogens is 475 g/mol. The van der Waals surface area contributed by atoms with Crippen molar-refractivity contribution in [3.05, 3.63) is 51.3 Å². The van der Waals surface area contributed by atoms with Gasteiger partial charge in [0, 0.05) is 32.7 Å². The minimum absolute atomic E-state index is 0.148. The number of nitrogens with zero attached hydrogens (tertiary/aromatic N) is 4. The summed E-state index contributed by atoms with van der Waals surface area (Å²) in [4.78, 5) is 16.1. The molecule has 2 aromatic rings. The zero-order chi connectivity index (χ0) is 22.1. The predicted octanol–water partition coefficient (Wildman–Crippen LogP) is 4.25. The highest BCUT2D eigenvalue weighted by atomic mass is 79.9. The van der Waals surface area contributed by atoms with Crippen LogP contribution in [0.3, 0.4) is 0 Å². The molecule has 0 unspecified atom stereocenters. The zero-order valence-corrected chi connectivity index (χ0v) is 17.7. The molecule has 164 valence electrons. The summed E-state index contributed by atoms with van der Waals surface area (Å²) in [6.45, 7) is 3.63. The standard InChI is InChI=1S/C19H20BrF5N4O/c1-12-16(20)17(18(21)22)26-29(12)11-15(30)28-7-5-27(6-8-28)10-13-3-2-4-14(9-13)19(23,24)25/h2-4,9,18H,5-8,10-11H2,1H3. The van der Waals surface area contributed by atoms with E-state index in [1.54, 1.807) is 17.9 Å². The Labute approximate surface area is 178 Å². The average molecular weight is 495 g/mol. The van der Waals surface area contributed by atoms with E-state index in [9.17, 15) is 26.7 Å². The second kappa shape index (κ2) is 9.01. The van der Waals surface area contributed by atoms with Gasteiger partial charge in [0.25, 0.3) is 6.43 Å². The number of carbonyl (C=O) groups is 1. The molecule has 5 nitrogen and oxygen atoms in total. The molecule has 0 N–H and O–H groups in total. The van der Waals surface area contributed by atoms with Crippen LogP contribution in [0.4, 0.5) is 22.0 Å². The summed E-state index contributed by atoms with van der Waals surface area (Å²) in [5.74, 6) is -0.243. The molecular formula is C19H20BrF5N4O. The molecule has 1 fully saturated rings. The third-order valence-electron chi connectivity index (χ3n) is 5.04. The number of piperazine rings is 1. The Bertz CT molecular complexity index is 907. The van der Waals surface area contributed by atoms with Crippen LogP contribution in [-0.2, 0) is 24.1 Å². The Morgan fingerprint density at radius 2 is 1.87 bits per heavy atom. The first-order chi connectivity index (χ1) is 14.1. The lowest BCUT2D eigenvalue weighted by Crippen LogP contribution is -2.49. The van der Waals surface area contributed by atoms with Crippen LogP contribution in [0, 0.1) is 6.92 Å². The van der Waals surface area contributed by atoms with Crippen molar-refractivity contribution in [3.8, 4) is 0 Å². The highest BCUT2D eigenvalue weighted by Crippen LogP contribution is 2.30. The van der Waals surface area contributed by atoms with Gasteiger partial charge in [-0.2, -0.15) is 18.3 Å². The molecule has 1 aliphatic rings. The monoisotopic (exact) mass is 494 g/mol. The van der Waals surface area contributed by atoms with Crippen LogP contribution in [0.5, 0.6) is 0 Å². The van der Waals surface area contributed by atoms with Crippen LogP contribution < -0.4 is 0 Å². The van der Waals surface area contributed by atoms with Gasteiger partial charge in [-0.25, -0.2) is 8.78 Å². The molecule has 1 amide bonds. The molecule has 11 heteroatoms. The van der Waals surface area contributed by atoms with E-state index in [1.165, 1.54) is 10.7 Å². The van der Waals surface area contributed by atoms with Gasteiger partial charge < -0.3 is 4.90 Å². The van der Waals surface area contributed by atoms with Gasteiger partial charge in [0.15, 0.2) is 0 Å². The Morgan fingerprint density at radius 3 is 2.43 bits per heavy atom. The first-order valence-electron chi connectivity index (χ1n) is 9.23. The van der Waals surface area contributed by atoms with E-state index in [-0.39, 0.29) is 16.9 Å². The molecule has 0 saturated carbocycles. The Balaban J connectivity index is 1.56. The molecule has 0 radical (unpaired) electrons. The van der Waals surface area contributed by atoms with Crippen LogP contribution >= 0.6 is 15.9 Å². The highest BCUT2D eigenvalue weighted by Gasteiger charge is 2.30. The third kappa shape index (κ3) is 5.18. The fraction of sp³-hybridized carbons (Fsp3) is 0.474. The first-order valence-corrected chi connectivity index (χ1v) is 10.0. The van der Waals surface area contributed by atoms with Crippen LogP contribution in [0.25, 0.3) is 0 Å². The molecule has 1 aromatic carbocycles. The lowest BCUT2D eigenvalue weighted by atomic mass is 10.1. The molecule has 2 heterocycles. The van der Waals surface area contributed by atoms with Gasteiger partial charge in [-0.3, -0.25) is 14.4 Å². The van der Waals surface area contributed by atoms with E-state index >= 15 is 0 Å². The summed E-state index contributed by atoms with van der Waals surface area (Å²) >= 11 is 3.08. The molecule has 3 rings (SSSR count). The van der Waals surface area contributed by atoms with Crippen molar-refractivity contribution in [2.45, 2.75) is 32.6 Å². The Morgan fingerprint density at radius 1 is 1.20 bits per heavy atom. The number of aromatic nitrogens is 2. The number of halogens is 6. The maximum atomic E-state index is 13.0. The number of hydrogen-bond donors (Lipinski definition) is 0. The van der Waals surface area contributed by atoms with Crippen molar-refractivity contribution < 1.29 is 26.7 Å². The van der Waals surface area contributed by atoms with Crippen molar-refractivity contribution in [2.24, 2.45) is 0 Å². The molecule has 1 aromatic heterocycles. The van der Waals surface area contributed by atoms with Crippen molar-refractivity contribution in [1.29, 1.82) is 0 Å². The topological polar surface area (TPSA) is 41.4 Å². The Kier molecular flexibility index (Phi) is 6.81. The van der Waals surface area contributed by atoms with Gasteiger partial charge in [-0.15, -0.1) is 0 Å². The van der Waals surface area contributed by atoms with E-state index in [0.29, 0.717) is 44.0 Å². The summed E-state index contributed by atoms with van der Waals surface area (Å²) < 4.78 is 65.9. The van der Waals surface area contributed by atoms with E-state index in [2.05, 4.69) is 21.0 Å². The summed E-state index contributed by atoms with van der Waals surface area (Å²) in [5, 5.41) is 3.81. The van der Waals surface area contributed by atoms with Gasteiger partial charge in [0.2, 0.25) is 5.91 Å². The molecule has 0 aliphatic carbocycles. The highest BCUT2D eigenvalue weighted by molar-refractivity contribution is 9.10. The second-order valence-corrected chi connectivity index (χ2v) is 7.89. The van der Waals surface area contributed by atoms with E-state index in [1.807, 2.05) is 4.90 Å². The largest absolute Gasteiger partial charge is 0.416 e. The maximum absolute atomic E-state index is 13.0. The Hall–Kier alpha value is -2.01. The SMILES string of the molecule is Cc1c(Br)c(C(F)F)nn1CC(=O)N1CCN(Cc2cccc(C(F)(F)F)c2)CC1. The van der Waals surface area contributed by atoms with Crippen molar-refractivity contribution in [2.75, 3.05) is 26.2 Å². The van der Waals surface area contributed by atoms with Gasteiger partial charge in [-0.05, 0) is 34.5 Å². The number of carbonyl (C=O) groups excluding carboxylic acids is 1. The predicted molar refractivity (Wildman–Crippen MR) is 103 cm³/mol. The number of benzene rings is 1. The third-order valence-corrected chi connectivity index (χ3v) is 6.02. The van der Waals surface area contributed by atoms with Gasteiger partial charge >= 0.3 is 6.18 Å². The normalized spacial score (nSPS) is 15.8. The quantitative estimate of drug-likeness (QED) is 0.583. The van der Waals surface area contributed by atoms with Crippen molar-refractivity contribution in [1.82, 2.24) is 19.6 Å². The summed E-state index contributed by atoms with van der Waals surface area (Å²) in [7, 11) is 0. The van der Waals surface area contributed by atoms with E-state index in [4.69, 9.17) is 0 Å². The average Bonchev–Trinajstić information content (AvgIpc) is 2.97. The van der Waals surface area contributed by atoms with E-state index < -0.39 is 23.9 Å². The maximum Gasteiger partial charge on any atom is 0.416 e. The molecule has 30 heavy (non-hydrogen) atoms. The number of amides is 1. The fourth-order valence-corrected chi connectivity index (χ4v) is 3.79. The van der Waals surface area contributed by atoms with Crippen LogP contribution in [0.1, 0.15) is 28.9 Å². The molecule has 0 atom stereocenters. The van der Waals surface area contributed by atoms with Crippen LogP contribution in [0.2, 0.25) is 0 Å². The van der Waals surface area contributed by atoms with Gasteiger partial charge in [0.1, 0.15) is 12.2 Å².